The van der Waals surface area contributed by atoms with Crippen molar-refractivity contribution in [2.45, 2.75) is 30.0 Å². The Morgan fingerprint density at radius 1 is 1.09 bits per heavy atom. The van der Waals surface area contributed by atoms with Crippen molar-refractivity contribution in [2.75, 3.05) is 0 Å². The zero-order chi connectivity index (χ0) is 22.6. The Bertz CT molecular complexity index is 1420. The van der Waals surface area contributed by atoms with Crippen LogP contribution in [0.25, 0.3) is 22.2 Å². The van der Waals surface area contributed by atoms with Crippen molar-refractivity contribution in [1.29, 1.82) is 0 Å². The van der Waals surface area contributed by atoms with Gasteiger partial charge in [0, 0.05) is 36.9 Å². The second-order valence-electron chi connectivity index (χ2n) is 8.04. The molecule has 2 aromatic carbocycles. The molecule has 10 heteroatoms. The van der Waals surface area contributed by atoms with E-state index in [-0.39, 0.29) is 22.6 Å². The van der Waals surface area contributed by atoms with E-state index in [0.717, 1.165) is 6.07 Å². The third kappa shape index (κ3) is 3.49. The average Bonchev–Trinajstić information content (AvgIpc) is 3.29. The van der Waals surface area contributed by atoms with Gasteiger partial charge in [0.15, 0.2) is 0 Å². The minimum Gasteiger partial charge on any atom is -0.352 e. The van der Waals surface area contributed by atoms with Crippen LogP contribution in [-0.4, -0.2) is 29.0 Å². The molecular weight excluding hydrogens is 441 g/mol. The molecule has 32 heavy (non-hydrogen) atoms. The van der Waals surface area contributed by atoms with E-state index in [1.165, 1.54) is 29.0 Å². The molecule has 0 bridgehead atoms. The molecule has 1 fully saturated rings. The Morgan fingerprint density at radius 2 is 1.81 bits per heavy atom. The van der Waals surface area contributed by atoms with E-state index >= 15 is 0 Å². The summed E-state index contributed by atoms with van der Waals surface area (Å²) in [6, 6.07) is 7.46. The lowest BCUT2D eigenvalue weighted by Gasteiger charge is -2.36. The molecule has 166 valence electrons. The number of aromatic amines is 1. The van der Waals surface area contributed by atoms with Crippen LogP contribution in [0.4, 0.5) is 13.2 Å². The third-order valence-corrected chi connectivity index (χ3v) is 7.40. The van der Waals surface area contributed by atoms with Crippen LogP contribution in [-0.2, 0) is 17.1 Å². The Morgan fingerprint density at radius 3 is 2.47 bits per heavy atom. The SMILES string of the molecule is Cn1ccnc1S(=O)(=O)N[C@H]1C[C@@H](c2c(-c3ccc(F)cc3)[nH]c3c(F)cc(F)cc32)C1. The van der Waals surface area contributed by atoms with E-state index in [9.17, 15) is 21.6 Å². The normalized spacial score (nSPS) is 18.8. The van der Waals surface area contributed by atoms with Gasteiger partial charge in [-0.05, 0) is 60.2 Å². The van der Waals surface area contributed by atoms with Gasteiger partial charge in [-0.1, -0.05) is 0 Å². The highest BCUT2D eigenvalue weighted by atomic mass is 32.2. The number of aromatic nitrogens is 3. The van der Waals surface area contributed by atoms with E-state index in [4.69, 9.17) is 0 Å². The molecule has 2 heterocycles. The summed E-state index contributed by atoms with van der Waals surface area (Å²) in [6.45, 7) is 0. The van der Waals surface area contributed by atoms with Gasteiger partial charge in [-0.3, -0.25) is 0 Å². The Labute approximate surface area is 182 Å². The molecule has 0 aliphatic heterocycles. The fraction of sp³-hybridized carbons (Fsp3) is 0.227. The van der Waals surface area contributed by atoms with Gasteiger partial charge in [-0.2, -0.15) is 0 Å². The zero-order valence-electron chi connectivity index (χ0n) is 16.9. The topological polar surface area (TPSA) is 79.8 Å². The van der Waals surface area contributed by atoms with E-state index in [1.807, 2.05) is 0 Å². The quantitative estimate of drug-likeness (QED) is 0.468. The van der Waals surface area contributed by atoms with E-state index in [0.29, 0.717) is 35.0 Å². The molecule has 1 aliphatic carbocycles. The number of aryl methyl sites for hydroxylation is 1. The number of benzene rings is 2. The molecule has 0 spiro atoms. The molecule has 1 saturated carbocycles. The highest BCUT2D eigenvalue weighted by Crippen LogP contribution is 2.46. The predicted octanol–water partition coefficient (Wildman–Crippen LogP) is 4.21. The van der Waals surface area contributed by atoms with E-state index in [1.54, 1.807) is 25.4 Å². The molecule has 1 aliphatic rings. The van der Waals surface area contributed by atoms with Crippen LogP contribution in [0.15, 0.2) is 53.9 Å². The maximum Gasteiger partial charge on any atom is 0.274 e. The van der Waals surface area contributed by atoms with Crippen LogP contribution >= 0.6 is 0 Å². The number of H-pyrrole nitrogens is 1. The van der Waals surface area contributed by atoms with Crippen molar-refractivity contribution in [3.05, 3.63) is 71.8 Å². The third-order valence-electron chi connectivity index (χ3n) is 5.88. The van der Waals surface area contributed by atoms with Crippen molar-refractivity contribution >= 4 is 20.9 Å². The van der Waals surface area contributed by atoms with Gasteiger partial charge in [0.1, 0.15) is 17.5 Å². The summed E-state index contributed by atoms with van der Waals surface area (Å²) < 4.78 is 71.2. The smallest absolute Gasteiger partial charge is 0.274 e. The van der Waals surface area contributed by atoms with Crippen LogP contribution in [0.5, 0.6) is 0 Å². The number of halogens is 3. The Hall–Kier alpha value is -3.11. The van der Waals surface area contributed by atoms with Crippen LogP contribution in [0, 0.1) is 17.5 Å². The number of fused-ring (bicyclic) bond motifs is 1. The van der Waals surface area contributed by atoms with Crippen LogP contribution < -0.4 is 4.72 Å². The second kappa shape index (κ2) is 7.49. The number of hydrogen-bond donors (Lipinski definition) is 2. The van der Waals surface area contributed by atoms with Crippen LogP contribution in [0.3, 0.4) is 0 Å². The molecular formula is C22H19F3N4O2S. The molecule has 4 aromatic rings. The molecule has 0 saturated heterocycles. The fourth-order valence-electron chi connectivity index (χ4n) is 4.34. The summed E-state index contributed by atoms with van der Waals surface area (Å²) >= 11 is 0. The van der Waals surface area contributed by atoms with Crippen molar-refractivity contribution < 1.29 is 21.6 Å². The Balaban J connectivity index is 1.49. The summed E-state index contributed by atoms with van der Waals surface area (Å²) in [5.41, 5.74) is 2.06. The standard InChI is InChI=1S/C22H19F3N4O2S/c1-29-7-6-26-22(29)32(30,31)28-16-8-13(9-16)19-17-10-15(24)11-18(25)21(17)27-20(19)12-2-4-14(23)5-3-12/h2-7,10-11,13,16,27-28H,8-9H2,1H3/t13-,16+. The number of imidazole rings is 1. The maximum atomic E-state index is 14.5. The highest BCUT2D eigenvalue weighted by Gasteiger charge is 2.37. The Kier molecular flexibility index (Phi) is 4.86. The monoisotopic (exact) mass is 460 g/mol. The number of nitrogens with zero attached hydrogens (tertiary/aromatic N) is 2. The van der Waals surface area contributed by atoms with Crippen LogP contribution in [0.2, 0.25) is 0 Å². The number of hydrogen-bond acceptors (Lipinski definition) is 3. The molecule has 5 rings (SSSR count). The first-order chi connectivity index (χ1) is 15.2. The average molecular weight is 460 g/mol. The van der Waals surface area contributed by atoms with E-state index in [2.05, 4.69) is 14.7 Å². The number of rotatable bonds is 5. The van der Waals surface area contributed by atoms with Crippen molar-refractivity contribution in [3.8, 4) is 11.3 Å². The van der Waals surface area contributed by atoms with Gasteiger partial charge in [0.25, 0.3) is 10.0 Å². The molecule has 0 amide bonds. The second-order valence-corrected chi connectivity index (χ2v) is 9.65. The van der Waals surface area contributed by atoms with Crippen molar-refractivity contribution in [3.63, 3.8) is 0 Å². The van der Waals surface area contributed by atoms with Gasteiger partial charge < -0.3 is 9.55 Å². The lowest BCUT2D eigenvalue weighted by Crippen LogP contribution is -2.44. The fourth-order valence-corrected chi connectivity index (χ4v) is 5.72. The molecule has 6 nitrogen and oxygen atoms in total. The lowest BCUT2D eigenvalue weighted by atomic mass is 9.74. The predicted molar refractivity (Wildman–Crippen MR) is 113 cm³/mol. The highest BCUT2D eigenvalue weighted by molar-refractivity contribution is 7.89. The van der Waals surface area contributed by atoms with E-state index < -0.39 is 27.5 Å². The first kappa shape index (κ1) is 20.8. The van der Waals surface area contributed by atoms with Gasteiger partial charge >= 0.3 is 0 Å². The summed E-state index contributed by atoms with van der Waals surface area (Å²) in [7, 11) is -2.20. The molecule has 0 radical (unpaired) electrons. The largest absolute Gasteiger partial charge is 0.352 e. The van der Waals surface area contributed by atoms with Gasteiger partial charge in [-0.15, -0.1) is 0 Å². The molecule has 2 N–H and O–H groups in total. The summed E-state index contributed by atoms with van der Waals surface area (Å²) in [4.78, 5) is 6.90. The van der Waals surface area contributed by atoms with Crippen molar-refractivity contribution in [1.82, 2.24) is 19.3 Å². The van der Waals surface area contributed by atoms with Crippen LogP contribution in [0.1, 0.15) is 24.3 Å². The molecule has 0 unspecified atom stereocenters. The van der Waals surface area contributed by atoms with Gasteiger partial charge in [-0.25, -0.2) is 31.3 Å². The minimum absolute atomic E-state index is 0.0795. The number of nitrogens with one attached hydrogen (secondary N) is 2. The molecule has 2 aromatic heterocycles. The van der Waals surface area contributed by atoms with Crippen molar-refractivity contribution in [2.24, 2.45) is 7.05 Å². The first-order valence-corrected chi connectivity index (χ1v) is 11.5. The first-order valence-electron chi connectivity index (χ1n) is 9.99. The lowest BCUT2D eigenvalue weighted by molar-refractivity contribution is 0.327. The minimum atomic E-state index is -3.79. The number of sulfonamides is 1. The maximum absolute atomic E-state index is 14.5. The zero-order valence-corrected chi connectivity index (χ0v) is 17.8. The van der Waals surface area contributed by atoms with Gasteiger partial charge in [0.2, 0.25) is 5.16 Å². The van der Waals surface area contributed by atoms with Gasteiger partial charge in [0.05, 0.1) is 11.2 Å². The summed E-state index contributed by atoms with van der Waals surface area (Å²) in [5.74, 6) is -1.97. The summed E-state index contributed by atoms with van der Waals surface area (Å²) in [5, 5.41) is 0.321. The molecule has 0 atom stereocenters. The summed E-state index contributed by atoms with van der Waals surface area (Å²) in [6.07, 6.45) is 3.84.